The van der Waals surface area contributed by atoms with Crippen molar-refractivity contribution in [3.05, 3.63) is 64.8 Å². The van der Waals surface area contributed by atoms with E-state index in [1.54, 1.807) is 6.07 Å². The molecule has 5 rings (SSSR count). The predicted octanol–water partition coefficient (Wildman–Crippen LogP) is 4.16. The Morgan fingerprint density at radius 2 is 1.84 bits per heavy atom. The number of pyridine rings is 1. The lowest BCUT2D eigenvalue weighted by Gasteiger charge is -2.23. The lowest BCUT2D eigenvalue weighted by Crippen LogP contribution is -2.27. The standard InChI is InChI=1S/C23H18ClN3O5/c24-23-15(8-14-9-19-20(32-12-31-19)11-16(14)25-23)18-10-17(13-4-2-1-3-5-13)26-27(18)21(28)6-7-22(29)30/h1-5,8-9,11,18H,6-7,10,12H2,(H,29,30)/t18-/m0/s1. The van der Waals surface area contributed by atoms with Crippen molar-refractivity contribution in [1.29, 1.82) is 0 Å². The quantitative estimate of drug-likeness (QED) is 0.584. The van der Waals surface area contributed by atoms with Gasteiger partial charge in [0, 0.05) is 29.9 Å². The molecule has 1 N–H and O–H groups in total. The Morgan fingerprint density at radius 3 is 2.59 bits per heavy atom. The number of amides is 1. The number of halogens is 1. The van der Waals surface area contributed by atoms with E-state index in [2.05, 4.69) is 10.1 Å². The third kappa shape index (κ3) is 3.73. The van der Waals surface area contributed by atoms with Gasteiger partial charge in [0.05, 0.1) is 23.7 Å². The Labute approximate surface area is 188 Å². The van der Waals surface area contributed by atoms with Gasteiger partial charge in [-0.05, 0) is 17.7 Å². The van der Waals surface area contributed by atoms with E-state index in [1.807, 2.05) is 42.5 Å². The molecule has 1 aromatic heterocycles. The number of carbonyl (C=O) groups excluding carboxylic acids is 1. The van der Waals surface area contributed by atoms with Crippen LogP contribution in [0.25, 0.3) is 10.9 Å². The topological polar surface area (TPSA) is 101 Å². The van der Waals surface area contributed by atoms with Gasteiger partial charge in [-0.3, -0.25) is 9.59 Å². The van der Waals surface area contributed by atoms with Gasteiger partial charge in [0.25, 0.3) is 0 Å². The summed E-state index contributed by atoms with van der Waals surface area (Å²) in [6, 6.07) is 14.5. The third-order valence-corrected chi connectivity index (χ3v) is 5.78. The fourth-order valence-corrected chi connectivity index (χ4v) is 4.18. The zero-order valence-electron chi connectivity index (χ0n) is 16.8. The van der Waals surface area contributed by atoms with Crippen LogP contribution >= 0.6 is 11.6 Å². The van der Waals surface area contributed by atoms with Crippen molar-refractivity contribution < 1.29 is 24.2 Å². The van der Waals surface area contributed by atoms with E-state index in [9.17, 15) is 9.59 Å². The number of hydrogen-bond donors (Lipinski definition) is 1. The molecule has 3 heterocycles. The number of nitrogens with zero attached hydrogens (tertiary/aromatic N) is 3. The lowest BCUT2D eigenvalue weighted by atomic mass is 9.98. The second-order valence-corrected chi connectivity index (χ2v) is 7.89. The van der Waals surface area contributed by atoms with E-state index >= 15 is 0 Å². The minimum Gasteiger partial charge on any atom is -0.481 e. The number of hydrogen-bond acceptors (Lipinski definition) is 6. The molecule has 9 heteroatoms. The lowest BCUT2D eigenvalue weighted by molar-refractivity contribution is -0.141. The van der Waals surface area contributed by atoms with E-state index in [-0.39, 0.29) is 30.7 Å². The van der Waals surface area contributed by atoms with Gasteiger partial charge in [0.1, 0.15) is 5.15 Å². The van der Waals surface area contributed by atoms with Gasteiger partial charge in [0.15, 0.2) is 11.5 Å². The van der Waals surface area contributed by atoms with Crippen LogP contribution in [-0.4, -0.2) is 39.5 Å². The van der Waals surface area contributed by atoms with Crippen molar-refractivity contribution in [2.75, 3.05) is 6.79 Å². The maximum atomic E-state index is 12.9. The maximum Gasteiger partial charge on any atom is 0.303 e. The maximum absolute atomic E-state index is 12.9. The molecule has 0 radical (unpaired) electrons. The Kier molecular flexibility index (Phi) is 5.14. The highest BCUT2D eigenvalue weighted by atomic mass is 35.5. The summed E-state index contributed by atoms with van der Waals surface area (Å²) < 4.78 is 10.9. The molecule has 2 aromatic carbocycles. The monoisotopic (exact) mass is 451 g/mol. The van der Waals surface area contributed by atoms with Crippen molar-refractivity contribution in [2.45, 2.75) is 25.3 Å². The average molecular weight is 452 g/mol. The molecule has 3 aromatic rings. The van der Waals surface area contributed by atoms with Gasteiger partial charge in [-0.15, -0.1) is 0 Å². The molecule has 2 aliphatic heterocycles. The number of hydrazone groups is 1. The summed E-state index contributed by atoms with van der Waals surface area (Å²) in [5, 5.41) is 15.9. The van der Waals surface area contributed by atoms with Crippen LogP contribution in [0.4, 0.5) is 0 Å². The minimum absolute atomic E-state index is 0.148. The van der Waals surface area contributed by atoms with E-state index in [0.29, 0.717) is 29.0 Å². The number of rotatable bonds is 5. The van der Waals surface area contributed by atoms with Gasteiger partial charge in [-0.2, -0.15) is 5.10 Å². The number of carboxylic acid groups (broad SMARTS) is 1. The average Bonchev–Trinajstić information content (AvgIpc) is 3.43. The number of aliphatic carboxylic acids is 1. The number of fused-ring (bicyclic) bond motifs is 2. The molecular formula is C23H18ClN3O5. The second-order valence-electron chi connectivity index (χ2n) is 7.53. The molecule has 32 heavy (non-hydrogen) atoms. The highest BCUT2D eigenvalue weighted by Crippen LogP contribution is 2.40. The van der Waals surface area contributed by atoms with Gasteiger partial charge >= 0.3 is 5.97 Å². The zero-order valence-corrected chi connectivity index (χ0v) is 17.6. The molecule has 0 unspecified atom stereocenters. The van der Waals surface area contributed by atoms with Gasteiger partial charge in [-0.25, -0.2) is 9.99 Å². The number of carbonyl (C=O) groups is 2. The van der Waals surface area contributed by atoms with Gasteiger partial charge < -0.3 is 14.6 Å². The molecule has 0 fully saturated rings. The van der Waals surface area contributed by atoms with Crippen LogP contribution < -0.4 is 9.47 Å². The first-order valence-electron chi connectivity index (χ1n) is 10.1. The number of aromatic nitrogens is 1. The number of carboxylic acids is 1. The highest BCUT2D eigenvalue weighted by Gasteiger charge is 2.35. The van der Waals surface area contributed by atoms with Crippen LogP contribution in [0.5, 0.6) is 11.5 Å². The van der Waals surface area contributed by atoms with Gasteiger partial charge in [-0.1, -0.05) is 41.9 Å². The van der Waals surface area contributed by atoms with Crippen LogP contribution in [0.15, 0.2) is 53.6 Å². The molecule has 1 atom stereocenters. The van der Waals surface area contributed by atoms with E-state index in [1.165, 1.54) is 5.01 Å². The minimum atomic E-state index is -1.04. The fraction of sp³-hybridized carbons (Fsp3) is 0.217. The third-order valence-electron chi connectivity index (χ3n) is 5.47. The van der Waals surface area contributed by atoms with E-state index < -0.39 is 12.0 Å². The summed E-state index contributed by atoms with van der Waals surface area (Å²) in [6.07, 6.45) is 0.000421. The van der Waals surface area contributed by atoms with E-state index in [0.717, 1.165) is 16.7 Å². The molecule has 0 saturated heterocycles. The molecule has 162 valence electrons. The summed E-state index contributed by atoms with van der Waals surface area (Å²) in [4.78, 5) is 28.4. The first kappa shape index (κ1) is 20.3. The molecule has 0 spiro atoms. The van der Waals surface area contributed by atoms with E-state index in [4.69, 9.17) is 26.2 Å². The Hall–Kier alpha value is -3.65. The summed E-state index contributed by atoms with van der Waals surface area (Å²) in [7, 11) is 0. The predicted molar refractivity (Wildman–Crippen MR) is 117 cm³/mol. The SMILES string of the molecule is O=C(O)CCC(=O)N1N=C(c2ccccc2)C[C@H]1c1cc2cc3c(cc2nc1Cl)OCO3. The van der Waals surface area contributed by atoms with Gasteiger partial charge in [0.2, 0.25) is 12.7 Å². The zero-order chi connectivity index (χ0) is 22.2. The second kappa shape index (κ2) is 8.12. The van der Waals surface area contributed by atoms with Crippen LogP contribution in [-0.2, 0) is 9.59 Å². The van der Waals surface area contributed by atoms with Crippen molar-refractivity contribution in [3.63, 3.8) is 0 Å². The normalized spacial score (nSPS) is 17.0. The molecule has 0 aliphatic carbocycles. The van der Waals surface area contributed by atoms with Crippen molar-refractivity contribution in [2.24, 2.45) is 5.10 Å². The molecule has 1 amide bonds. The van der Waals surface area contributed by atoms with Crippen LogP contribution in [0, 0.1) is 0 Å². The molecule has 0 bridgehead atoms. The smallest absolute Gasteiger partial charge is 0.303 e. The van der Waals surface area contributed by atoms with Crippen LogP contribution in [0.1, 0.15) is 36.4 Å². The van der Waals surface area contributed by atoms with Crippen LogP contribution in [0.2, 0.25) is 5.15 Å². The van der Waals surface area contributed by atoms with Crippen molar-refractivity contribution in [3.8, 4) is 11.5 Å². The van der Waals surface area contributed by atoms with Crippen molar-refractivity contribution in [1.82, 2.24) is 9.99 Å². The Balaban J connectivity index is 1.54. The van der Waals surface area contributed by atoms with Crippen LogP contribution in [0.3, 0.4) is 0 Å². The Morgan fingerprint density at radius 1 is 1.09 bits per heavy atom. The summed E-state index contributed by atoms with van der Waals surface area (Å²) >= 11 is 6.56. The largest absolute Gasteiger partial charge is 0.481 e. The molecule has 2 aliphatic rings. The first-order chi connectivity index (χ1) is 15.5. The first-order valence-corrected chi connectivity index (χ1v) is 10.4. The number of benzene rings is 2. The summed E-state index contributed by atoms with van der Waals surface area (Å²) in [5.74, 6) is -0.197. The molecular weight excluding hydrogens is 434 g/mol. The Bertz CT molecular complexity index is 1260. The van der Waals surface area contributed by atoms with Crippen molar-refractivity contribution >= 4 is 40.1 Å². The highest BCUT2D eigenvalue weighted by molar-refractivity contribution is 6.30. The molecule has 0 saturated carbocycles. The summed E-state index contributed by atoms with van der Waals surface area (Å²) in [5.41, 5.74) is 2.89. The molecule has 8 nitrogen and oxygen atoms in total. The fourth-order valence-electron chi connectivity index (χ4n) is 3.91. The summed E-state index contributed by atoms with van der Waals surface area (Å²) in [6.45, 7) is 0.148. The number of ether oxygens (including phenoxy) is 2.